The van der Waals surface area contributed by atoms with Crippen molar-refractivity contribution in [3.8, 4) is 5.75 Å². The zero-order valence-corrected chi connectivity index (χ0v) is 14.0. The number of carbonyl (C=O) groups excluding carboxylic acids is 3. The summed E-state index contributed by atoms with van der Waals surface area (Å²) in [6, 6.07) is 13.8. The summed E-state index contributed by atoms with van der Waals surface area (Å²) in [4.78, 5) is 35.5. The van der Waals surface area contributed by atoms with Crippen molar-refractivity contribution >= 4 is 23.4 Å². The summed E-state index contributed by atoms with van der Waals surface area (Å²) in [7, 11) is 2.91. The molecule has 0 unspecified atom stereocenters. The van der Waals surface area contributed by atoms with Crippen LogP contribution in [0.2, 0.25) is 0 Å². The highest BCUT2D eigenvalue weighted by Gasteiger charge is 2.16. The van der Waals surface area contributed by atoms with E-state index < -0.39 is 11.8 Å². The molecule has 2 aromatic rings. The van der Waals surface area contributed by atoms with E-state index in [0.717, 1.165) is 5.56 Å². The Morgan fingerprint density at radius 3 is 2.36 bits per heavy atom. The van der Waals surface area contributed by atoms with Crippen molar-refractivity contribution in [3.05, 3.63) is 59.7 Å². The van der Waals surface area contributed by atoms with E-state index in [4.69, 9.17) is 4.74 Å². The second-order valence-electron chi connectivity index (χ2n) is 5.07. The second kappa shape index (κ2) is 8.49. The number of anilines is 1. The van der Waals surface area contributed by atoms with Crippen molar-refractivity contribution in [2.24, 2.45) is 0 Å². The van der Waals surface area contributed by atoms with Gasteiger partial charge in [0, 0.05) is 19.2 Å². The Morgan fingerprint density at radius 1 is 0.960 bits per heavy atom. The van der Waals surface area contributed by atoms with Crippen molar-refractivity contribution in [1.29, 1.82) is 0 Å². The maximum Gasteiger partial charge on any atom is 0.313 e. The van der Waals surface area contributed by atoms with E-state index in [1.54, 1.807) is 37.4 Å². The minimum absolute atomic E-state index is 0.258. The smallest absolute Gasteiger partial charge is 0.313 e. The van der Waals surface area contributed by atoms with E-state index in [1.807, 2.05) is 18.2 Å². The number of likely N-dealkylation sites (N-methyl/N-ethyl adjacent to an activating group) is 1. The average Bonchev–Trinajstić information content (AvgIpc) is 2.65. The standard InChI is InChI=1S/C18H19N3O4/c1-19-17(23)18(24)21-14-9-5-4-8-13(14)16(22)20-11-12-7-3-6-10-15(12)25-2/h3-10H,11H2,1-2H3,(H,19,23)(H,20,22)(H,21,24). The zero-order chi connectivity index (χ0) is 18.2. The fraction of sp³-hybridized carbons (Fsp3) is 0.167. The Balaban J connectivity index is 2.12. The molecule has 0 atom stereocenters. The van der Waals surface area contributed by atoms with E-state index >= 15 is 0 Å². The minimum Gasteiger partial charge on any atom is -0.496 e. The van der Waals surface area contributed by atoms with E-state index in [1.165, 1.54) is 7.05 Å². The molecule has 130 valence electrons. The number of benzene rings is 2. The van der Waals surface area contributed by atoms with Crippen LogP contribution in [0.25, 0.3) is 0 Å². The number of amides is 3. The summed E-state index contributed by atoms with van der Waals surface area (Å²) in [6.07, 6.45) is 0. The Morgan fingerprint density at radius 2 is 1.64 bits per heavy atom. The van der Waals surface area contributed by atoms with Crippen LogP contribution in [0.4, 0.5) is 5.69 Å². The van der Waals surface area contributed by atoms with E-state index in [-0.39, 0.29) is 23.7 Å². The van der Waals surface area contributed by atoms with Gasteiger partial charge in [-0.1, -0.05) is 30.3 Å². The van der Waals surface area contributed by atoms with Crippen molar-refractivity contribution in [3.63, 3.8) is 0 Å². The normalized spacial score (nSPS) is 9.84. The Kier molecular flexibility index (Phi) is 6.11. The molecular weight excluding hydrogens is 322 g/mol. The molecule has 3 N–H and O–H groups in total. The third kappa shape index (κ3) is 4.57. The maximum atomic E-state index is 12.5. The highest BCUT2D eigenvalue weighted by Crippen LogP contribution is 2.18. The third-order valence-electron chi connectivity index (χ3n) is 3.49. The average molecular weight is 341 g/mol. The van der Waals surface area contributed by atoms with Gasteiger partial charge >= 0.3 is 11.8 Å². The predicted molar refractivity (Wildman–Crippen MR) is 93.3 cm³/mol. The molecule has 0 fully saturated rings. The van der Waals surface area contributed by atoms with Gasteiger partial charge in [-0.15, -0.1) is 0 Å². The molecule has 0 heterocycles. The predicted octanol–water partition coefficient (Wildman–Crippen LogP) is 1.31. The highest BCUT2D eigenvalue weighted by molar-refractivity contribution is 6.39. The highest BCUT2D eigenvalue weighted by atomic mass is 16.5. The molecule has 0 aromatic heterocycles. The molecule has 7 nitrogen and oxygen atoms in total. The Bertz CT molecular complexity index is 789. The van der Waals surface area contributed by atoms with Gasteiger partial charge in [-0.25, -0.2) is 0 Å². The van der Waals surface area contributed by atoms with Gasteiger partial charge in [0.1, 0.15) is 5.75 Å². The molecule has 0 aliphatic carbocycles. The molecule has 0 saturated carbocycles. The summed E-state index contributed by atoms with van der Waals surface area (Å²) in [5.41, 5.74) is 1.34. The van der Waals surface area contributed by atoms with Crippen LogP contribution < -0.4 is 20.7 Å². The van der Waals surface area contributed by atoms with Crippen LogP contribution in [0, 0.1) is 0 Å². The number of para-hydroxylation sites is 2. The summed E-state index contributed by atoms with van der Waals surface area (Å²) in [5, 5.41) is 7.43. The second-order valence-corrected chi connectivity index (χ2v) is 5.07. The van der Waals surface area contributed by atoms with Crippen LogP contribution in [-0.2, 0) is 16.1 Å². The maximum absolute atomic E-state index is 12.5. The molecule has 0 radical (unpaired) electrons. The molecule has 0 spiro atoms. The van der Waals surface area contributed by atoms with Crippen molar-refractivity contribution in [1.82, 2.24) is 10.6 Å². The van der Waals surface area contributed by atoms with Gasteiger partial charge in [0.05, 0.1) is 18.4 Å². The first-order chi connectivity index (χ1) is 12.1. The lowest BCUT2D eigenvalue weighted by atomic mass is 10.1. The van der Waals surface area contributed by atoms with Crippen molar-refractivity contribution < 1.29 is 19.1 Å². The molecule has 0 aliphatic rings. The lowest BCUT2D eigenvalue weighted by Crippen LogP contribution is -2.33. The molecular formula is C18H19N3O4. The molecule has 2 aromatic carbocycles. The van der Waals surface area contributed by atoms with Crippen molar-refractivity contribution in [2.75, 3.05) is 19.5 Å². The zero-order valence-electron chi connectivity index (χ0n) is 14.0. The first-order valence-corrected chi connectivity index (χ1v) is 7.59. The van der Waals surface area contributed by atoms with Crippen LogP contribution in [0.15, 0.2) is 48.5 Å². The first kappa shape index (κ1) is 18.0. The number of nitrogens with one attached hydrogen (secondary N) is 3. The van der Waals surface area contributed by atoms with E-state index in [9.17, 15) is 14.4 Å². The number of rotatable bonds is 5. The SMILES string of the molecule is CNC(=O)C(=O)Nc1ccccc1C(=O)NCc1ccccc1OC. The van der Waals surface area contributed by atoms with Gasteiger partial charge < -0.3 is 20.7 Å². The van der Waals surface area contributed by atoms with Crippen LogP contribution in [0.1, 0.15) is 15.9 Å². The third-order valence-corrected chi connectivity index (χ3v) is 3.49. The monoisotopic (exact) mass is 341 g/mol. The molecule has 7 heteroatoms. The van der Waals surface area contributed by atoms with E-state index in [0.29, 0.717) is 5.75 Å². The first-order valence-electron chi connectivity index (χ1n) is 7.59. The summed E-state index contributed by atoms with van der Waals surface area (Å²) >= 11 is 0. The lowest BCUT2D eigenvalue weighted by Gasteiger charge is -2.12. The number of hydrogen-bond donors (Lipinski definition) is 3. The van der Waals surface area contributed by atoms with Crippen LogP contribution in [-0.4, -0.2) is 31.9 Å². The number of ether oxygens (including phenoxy) is 1. The van der Waals surface area contributed by atoms with Crippen molar-refractivity contribution in [2.45, 2.75) is 6.54 Å². The molecule has 3 amide bonds. The fourth-order valence-electron chi connectivity index (χ4n) is 2.20. The van der Waals surface area contributed by atoms with E-state index in [2.05, 4.69) is 16.0 Å². The molecule has 0 aliphatic heterocycles. The molecule has 2 rings (SSSR count). The topological polar surface area (TPSA) is 96.5 Å². The number of hydrogen-bond acceptors (Lipinski definition) is 4. The summed E-state index contributed by atoms with van der Waals surface area (Å²) in [5.74, 6) is -1.33. The lowest BCUT2D eigenvalue weighted by molar-refractivity contribution is -0.135. The van der Waals surface area contributed by atoms with Gasteiger partial charge in [-0.05, 0) is 18.2 Å². The quantitative estimate of drug-likeness (QED) is 0.715. The number of methoxy groups -OCH3 is 1. The molecule has 0 saturated heterocycles. The Labute approximate surface area is 145 Å². The summed E-state index contributed by atoms with van der Waals surface area (Å²) < 4.78 is 5.25. The summed E-state index contributed by atoms with van der Waals surface area (Å²) in [6.45, 7) is 0.264. The van der Waals surface area contributed by atoms with Crippen LogP contribution >= 0.6 is 0 Å². The number of carbonyl (C=O) groups is 3. The molecule has 0 bridgehead atoms. The molecule has 25 heavy (non-hydrogen) atoms. The fourth-order valence-corrected chi connectivity index (χ4v) is 2.20. The van der Waals surface area contributed by atoms with Gasteiger partial charge in [-0.2, -0.15) is 0 Å². The largest absolute Gasteiger partial charge is 0.496 e. The van der Waals surface area contributed by atoms with Gasteiger partial charge in [0.2, 0.25) is 0 Å². The van der Waals surface area contributed by atoms with Gasteiger partial charge in [0.15, 0.2) is 0 Å². The van der Waals surface area contributed by atoms with Gasteiger partial charge in [-0.3, -0.25) is 14.4 Å². The van der Waals surface area contributed by atoms with Crippen LogP contribution in [0.5, 0.6) is 5.75 Å². The van der Waals surface area contributed by atoms with Crippen LogP contribution in [0.3, 0.4) is 0 Å². The van der Waals surface area contributed by atoms with Gasteiger partial charge in [0.25, 0.3) is 5.91 Å². The minimum atomic E-state index is -0.840. The Hall–Kier alpha value is -3.35.